The molecule has 5 rings (SSSR count). The van der Waals surface area contributed by atoms with Crippen molar-refractivity contribution in [2.45, 2.75) is 65.1 Å². The molecule has 0 saturated carbocycles. The van der Waals surface area contributed by atoms with E-state index in [0.717, 1.165) is 15.6 Å². The predicted octanol–water partition coefficient (Wildman–Crippen LogP) is 6.01. The molecule has 1 aliphatic heterocycles. The second-order valence-electron chi connectivity index (χ2n) is 12.6. The third kappa shape index (κ3) is 7.31. The van der Waals surface area contributed by atoms with Crippen molar-refractivity contribution in [3.63, 3.8) is 0 Å². The average molecular weight is 736 g/mol. The zero-order chi connectivity index (χ0) is 33.1. The van der Waals surface area contributed by atoms with Crippen LogP contribution in [-0.4, -0.2) is 76.6 Å². The van der Waals surface area contributed by atoms with Crippen molar-refractivity contribution >= 4 is 50.8 Å². The Kier molecular flexibility index (Phi) is 9.93. The minimum atomic E-state index is -0.671. The third-order valence-corrected chi connectivity index (χ3v) is 9.84. The summed E-state index contributed by atoms with van der Waals surface area (Å²) < 4.78 is 14.9. The number of allylic oxidation sites excluding steroid dienone is 1. The number of fused-ring (bicyclic) bond motifs is 1. The van der Waals surface area contributed by atoms with Gasteiger partial charge in [-0.3, -0.25) is 9.59 Å². The van der Waals surface area contributed by atoms with Crippen LogP contribution >= 0.6 is 22.6 Å². The molecule has 1 N–H and O–H groups in total. The van der Waals surface area contributed by atoms with Gasteiger partial charge in [0.2, 0.25) is 0 Å². The maximum atomic E-state index is 13.9. The summed E-state index contributed by atoms with van der Waals surface area (Å²) in [6.07, 6.45) is 6.26. The number of nitriles is 1. The van der Waals surface area contributed by atoms with Gasteiger partial charge >= 0.3 is 0 Å². The van der Waals surface area contributed by atoms with Crippen molar-refractivity contribution in [2.75, 3.05) is 24.1 Å². The summed E-state index contributed by atoms with van der Waals surface area (Å²) in [5.74, 6) is 0.111. The smallest absolute Gasteiger partial charge is 0.295 e. The number of nitrogens with one attached hydrogen (secondary N) is 1. The van der Waals surface area contributed by atoms with Gasteiger partial charge in [0.25, 0.3) is 11.7 Å². The number of ketones is 1. The molecule has 3 aromatic heterocycles. The van der Waals surface area contributed by atoms with Crippen LogP contribution in [0.2, 0.25) is 0 Å². The molecule has 0 radical (unpaired) electrons. The Balaban J connectivity index is 1.42. The van der Waals surface area contributed by atoms with Crippen LogP contribution in [0.3, 0.4) is 0 Å². The topological polar surface area (TPSA) is 139 Å². The summed E-state index contributed by atoms with van der Waals surface area (Å²) in [7, 11) is 0. The Morgan fingerprint density at radius 1 is 1.09 bits per heavy atom. The number of aryl methyl sites for hydroxylation is 1. The molecule has 0 atom stereocenters. The highest BCUT2D eigenvalue weighted by molar-refractivity contribution is 14.1. The number of likely N-dealkylation sites (tertiary alicyclic amines) is 1. The second-order valence-corrected chi connectivity index (χ2v) is 13.3. The van der Waals surface area contributed by atoms with Gasteiger partial charge in [0.15, 0.2) is 5.82 Å². The summed E-state index contributed by atoms with van der Waals surface area (Å²) in [4.78, 5) is 41.1. The van der Waals surface area contributed by atoms with Crippen molar-refractivity contribution in [1.29, 1.82) is 5.26 Å². The van der Waals surface area contributed by atoms with E-state index in [0.29, 0.717) is 72.8 Å². The van der Waals surface area contributed by atoms with Gasteiger partial charge in [0.1, 0.15) is 23.5 Å². The molecule has 240 valence electrons. The van der Waals surface area contributed by atoms with Crippen LogP contribution < -0.4 is 4.74 Å². The summed E-state index contributed by atoms with van der Waals surface area (Å²) in [5, 5.41) is 14.7. The molecule has 0 aliphatic carbocycles. The summed E-state index contributed by atoms with van der Waals surface area (Å²) >= 11 is 2.31. The highest BCUT2D eigenvalue weighted by atomic mass is 127. The Morgan fingerprint density at radius 3 is 2.43 bits per heavy atom. The zero-order valence-corrected chi connectivity index (χ0v) is 28.9. The quantitative estimate of drug-likeness (QED) is 0.0650. The number of nitrogens with zero attached hydrogens (tertiary/aromatic N) is 6. The molecule has 46 heavy (non-hydrogen) atoms. The molecule has 4 aromatic rings. The lowest BCUT2D eigenvalue weighted by molar-refractivity contribution is -0.126. The molecule has 0 bridgehead atoms. The summed E-state index contributed by atoms with van der Waals surface area (Å²) in [6.45, 7) is 10.9. The number of hydrogen-bond acceptors (Lipinski definition) is 8. The largest absolute Gasteiger partial charge is 0.485 e. The summed E-state index contributed by atoms with van der Waals surface area (Å²) in [5.41, 5.74) is 2.24. The monoisotopic (exact) mass is 735 g/mol. The van der Waals surface area contributed by atoms with Gasteiger partial charge in [-0.15, -0.1) is 0 Å². The maximum Gasteiger partial charge on any atom is 0.295 e. The first-order chi connectivity index (χ1) is 21.9. The molecule has 12 heteroatoms. The molecule has 1 fully saturated rings. The molecule has 1 aromatic carbocycles. The number of benzene rings is 1. The van der Waals surface area contributed by atoms with Crippen molar-refractivity contribution < 1.29 is 19.1 Å². The van der Waals surface area contributed by atoms with E-state index in [2.05, 4.69) is 48.7 Å². The first-order valence-corrected chi connectivity index (χ1v) is 16.7. The van der Waals surface area contributed by atoms with Crippen molar-refractivity contribution in [1.82, 2.24) is 29.6 Å². The second kappa shape index (κ2) is 13.7. The molecule has 1 saturated heterocycles. The number of carbonyl (C=O) groups is 2. The van der Waals surface area contributed by atoms with E-state index in [9.17, 15) is 14.9 Å². The average Bonchev–Trinajstić information content (AvgIpc) is 3.68. The van der Waals surface area contributed by atoms with Gasteiger partial charge in [-0.2, -0.15) is 10.4 Å². The summed E-state index contributed by atoms with van der Waals surface area (Å²) in [6, 6.07) is 11.9. The lowest BCUT2D eigenvalue weighted by Gasteiger charge is -2.30. The molecule has 0 spiro atoms. The lowest BCUT2D eigenvalue weighted by Crippen LogP contribution is -2.40. The first-order valence-electron chi connectivity index (χ1n) is 15.2. The van der Waals surface area contributed by atoms with Crippen LogP contribution in [0.4, 0.5) is 0 Å². The van der Waals surface area contributed by atoms with Crippen LogP contribution in [0.25, 0.3) is 22.3 Å². The van der Waals surface area contributed by atoms with E-state index >= 15 is 0 Å². The van der Waals surface area contributed by atoms with Crippen LogP contribution in [0.1, 0.15) is 68.7 Å². The Labute approximate surface area is 282 Å². The van der Waals surface area contributed by atoms with Crippen molar-refractivity contribution in [3.8, 4) is 17.6 Å². The predicted molar refractivity (Wildman–Crippen MR) is 183 cm³/mol. The number of pyridine rings is 1. The van der Waals surface area contributed by atoms with E-state index < -0.39 is 17.3 Å². The number of ether oxygens (including phenoxy) is 2. The van der Waals surface area contributed by atoms with Gasteiger partial charge in [0, 0.05) is 30.1 Å². The normalized spacial score (nSPS) is 13.9. The standard InChI is InChI=1S/C34H38IN7O4/c1-22-39-21-42(40-22)31-29-28(27(19-38-31)46-33(2,3)13-16-45-34(4,5)20-35)26(18-37-29)30(43)32(44)41-14-11-24(12-15-41)25(17-36)23-9-7-6-8-10-23/h6-10,18-19,21,37H,11-16,20H2,1-5H3. The molecular formula is C34H38IN7O4. The van der Waals surface area contributed by atoms with E-state index in [-0.39, 0.29) is 11.2 Å². The van der Waals surface area contributed by atoms with Gasteiger partial charge in [-0.25, -0.2) is 14.6 Å². The molecular weight excluding hydrogens is 697 g/mol. The number of aromatic nitrogens is 5. The van der Waals surface area contributed by atoms with Crippen LogP contribution in [0.15, 0.2) is 54.6 Å². The highest BCUT2D eigenvalue weighted by Gasteiger charge is 2.32. The van der Waals surface area contributed by atoms with E-state index in [1.54, 1.807) is 24.3 Å². The zero-order valence-electron chi connectivity index (χ0n) is 26.8. The van der Waals surface area contributed by atoms with E-state index in [1.807, 2.05) is 58.0 Å². The fourth-order valence-corrected chi connectivity index (χ4v) is 5.60. The number of halogens is 1. The minimum absolute atomic E-state index is 0.192. The minimum Gasteiger partial charge on any atom is -0.485 e. The van der Waals surface area contributed by atoms with Crippen molar-refractivity contribution in [2.24, 2.45) is 0 Å². The number of rotatable bonds is 11. The van der Waals surface area contributed by atoms with Gasteiger partial charge in [-0.05, 0) is 58.6 Å². The van der Waals surface area contributed by atoms with E-state index in [4.69, 9.17) is 9.47 Å². The molecule has 11 nitrogen and oxygen atoms in total. The Morgan fingerprint density at radius 2 is 1.80 bits per heavy atom. The molecule has 0 unspecified atom stereocenters. The Hall–Kier alpha value is -4.09. The SMILES string of the molecule is Cc1ncn(-c2ncc(OC(C)(C)CCOC(C)(C)CI)c3c(C(=O)C(=O)N4CCC(=C(C#N)c5ccccc5)CC4)c[nH]c23)n1. The van der Waals surface area contributed by atoms with Gasteiger partial charge < -0.3 is 19.4 Å². The number of amides is 1. The number of carbonyl (C=O) groups excluding carboxylic acids is 2. The van der Waals surface area contributed by atoms with Crippen LogP contribution in [0, 0.1) is 18.3 Å². The van der Waals surface area contributed by atoms with Gasteiger partial charge in [-0.1, -0.05) is 52.9 Å². The number of H-pyrrole nitrogens is 1. The number of Topliss-reactive ketones (excluding diaryl/α,β-unsaturated/α-hetero) is 1. The lowest BCUT2D eigenvalue weighted by atomic mass is 9.93. The van der Waals surface area contributed by atoms with Crippen LogP contribution in [-0.2, 0) is 9.53 Å². The fraction of sp³-hybridized carbons (Fsp3) is 0.412. The van der Waals surface area contributed by atoms with E-state index in [1.165, 1.54) is 10.9 Å². The number of hydrogen-bond donors (Lipinski definition) is 1. The first kappa shape index (κ1) is 33.3. The van der Waals surface area contributed by atoms with Gasteiger partial charge in [0.05, 0.1) is 46.5 Å². The number of alkyl halides is 1. The molecule has 4 heterocycles. The third-order valence-electron chi connectivity index (χ3n) is 8.00. The number of aromatic amines is 1. The van der Waals surface area contributed by atoms with Crippen LogP contribution in [0.5, 0.6) is 5.75 Å². The fourth-order valence-electron chi connectivity index (χ4n) is 5.38. The molecule has 1 aliphatic rings. The number of piperidine rings is 1. The van der Waals surface area contributed by atoms with Crippen molar-refractivity contribution in [3.05, 3.63) is 71.6 Å². The molecule has 1 amide bonds. The Bertz CT molecular complexity index is 1810. The maximum absolute atomic E-state index is 13.9. The highest BCUT2D eigenvalue weighted by Crippen LogP contribution is 2.35.